The fourth-order valence-electron chi connectivity index (χ4n) is 1.09. The summed E-state index contributed by atoms with van der Waals surface area (Å²) in [5, 5.41) is 2.69. The molecule has 1 N–H and O–H groups in total. The summed E-state index contributed by atoms with van der Waals surface area (Å²) in [5.41, 5.74) is -0.307. The third-order valence-corrected chi connectivity index (χ3v) is 2.30. The lowest BCUT2D eigenvalue weighted by molar-refractivity contribution is 0.0113. The monoisotopic (exact) mass is 213 g/mol. The number of anilines is 1. The van der Waals surface area contributed by atoms with Gasteiger partial charge in [-0.15, -0.1) is 0 Å². The van der Waals surface area contributed by atoms with Gasteiger partial charge < -0.3 is 10.1 Å². The molecule has 0 atom stereocenters. The van der Waals surface area contributed by atoms with E-state index >= 15 is 0 Å². The van der Waals surface area contributed by atoms with E-state index in [2.05, 4.69) is 15.3 Å². The minimum absolute atomic E-state index is 0.197. The van der Waals surface area contributed by atoms with Gasteiger partial charge in [-0.2, -0.15) is 0 Å². The molecule has 0 saturated carbocycles. The maximum Gasteiger partial charge on any atom is 0.186 e. The van der Waals surface area contributed by atoms with Crippen molar-refractivity contribution in [1.82, 2.24) is 9.97 Å². The zero-order valence-corrected chi connectivity index (χ0v) is 9.68. The van der Waals surface area contributed by atoms with E-state index in [1.54, 1.807) is 21.1 Å². The Bertz CT molecular complexity index is 366. The molecule has 0 amide bonds. The summed E-state index contributed by atoms with van der Waals surface area (Å²) in [6.45, 7) is 5.27. The molecule has 0 saturated heterocycles. The summed E-state index contributed by atoms with van der Waals surface area (Å²) < 4.78 is 18.7. The molecule has 0 aromatic carbocycles. The van der Waals surface area contributed by atoms with Crippen LogP contribution in [0.1, 0.15) is 25.4 Å². The lowest BCUT2D eigenvalue weighted by Gasteiger charge is -2.22. The second-order valence-corrected chi connectivity index (χ2v) is 3.76. The van der Waals surface area contributed by atoms with Crippen molar-refractivity contribution in [1.29, 1.82) is 0 Å². The molecule has 84 valence electrons. The highest BCUT2D eigenvalue weighted by Crippen LogP contribution is 2.23. The highest BCUT2D eigenvalue weighted by molar-refractivity contribution is 5.37. The summed E-state index contributed by atoms with van der Waals surface area (Å²) in [4.78, 5) is 8.14. The molecule has 0 fully saturated rings. The van der Waals surface area contributed by atoms with E-state index in [1.807, 2.05) is 13.8 Å². The van der Waals surface area contributed by atoms with E-state index in [1.165, 1.54) is 0 Å². The van der Waals surface area contributed by atoms with E-state index in [-0.39, 0.29) is 5.82 Å². The predicted octanol–water partition coefficient (Wildman–Crippen LogP) is 1.85. The molecule has 1 aromatic rings. The first-order chi connectivity index (χ1) is 6.92. The molecular formula is C10H16FN3O. The van der Waals surface area contributed by atoms with Crippen molar-refractivity contribution >= 4 is 5.82 Å². The Hall–Kier alpha value is -1.23. The largest absolute Gasteiger partial charge is 0.371 e. The lowest BCUT2D eigenvalue weighted by atomic mass is 10.1. The van der Waals surface area contributed by atoms with E-state index in [4.69, 9.17) is 4.74 Å². The van der Waals surface area contributed by atoms with Crippen LogP contribution in [0.2, 0.25) is 0 Å². The maximum atomic E-state index is 13.4. The van der Waals surface area contributed by atoms with Gasteiger partial charge in [0.15, 0.2) is 17.5 Å². The van der Waals surface area contributed by atoms with Crippen LogP contribution in [0, 0.1) is 12.7 Å². The van der Waals surface area contributed by atoms with Gasteiger partial charge in [0.2, 0.25) is 0 Å². The Morgan fingerprint density at radius 1 is 1.33 bits per heavy atom. The molecule has 15 heavy (non-hydrogen) atoms. The van der Waals surface area contributed by atoms with E-state index in [9.17, 15) is 4.39 Å². The van der Waals surface area contributed by atoms with Crippen molar-refractivity contribution in [2.75, 3.05) is 19.5 Å². The van der Waals surface area contributed by atoms with Gasteiger partial charge in [0, 0.05) is 14.2 Å². The van der Waals surface area contributed by atoms with Gasteiger partial charge in [0.25, 0.3) is 0 Å². The van der Waals surface area contributed by atoms with Crippen LogP contribution in [0.5, 0.6) is 0 Å². The van der Waals surface area contributed by atoms with Gasteiger partial charge in [-0.05, 0) is 20.8 Å². The first-order valence-electron chi connectivity index (χ1n) is 4.70. The van der Waals surface area contributed by atoms with Crippen LogP contribution in [0.3, 0.4) is 0 Å². The first-order valence-corrected chi connectivity index (χ1v) is 4.70. The third-order valence-electron chi connectivity index (χ3n) is 2.30. The number of hydrogen-bond acceptors (Lipinski definition) is 4. The zero-order chi connectivity index (χ0) is 11.6. The summed E-state index contributed by atoms with van der Waals surface area (Å²) in [5.74, 6) is 0.240. The Kier molecular flexibility index (Phi) is 3.24. The number of ether oxygens (including phenoxy) is 1. The standard InChI is InChI=1S/C10H16FN3O/c1-6-7(11)8(12-4)14-9(13-6)10(2,3)15-5/h1-5H3,(H,12,13,14). The molecule has 0 radical (unpaired) electrons. The summed E-state index contributed by atoms with van der Waals surface area (Å²) in [7, 11) is 3.19. The van der Waals surface area contributed by atoms with Crippen molar-refractivity contribution in [2.45, 2.75) is 26.4 Å². The van der Waals surface area contributed by atoms with Crippen molar-refractivity contribution in [3.63, 3.8) is 0 Å². The number of nitrogens with zero attached hydrogens (tertiary/aromatic N) is 2. The molecular weight excluding hydrogens is 197 g/mol. The number of hydrogen-bond donors (Lipinski definition) is 1. The van der Waals surface area contributed by atoms with Crippen molar-refractivity contribution in [2.24, 2.45) is 0 Å². The molecule has 0 unspecified atom stereocenters. The van der Waals surface area contributed by atoms with Crippen LogP contribution in [0.15, 0.2) is 0 Å². The van der Waals surface area contributed by atoms with Crippen LogP contribution < -0.4 is 5.32 Å². The third kappa shape index (κ3) is 2.23. The molecule has 0 aliphatic heterocycles. The van der Waals surface area contributed by atoms with Gasteiger partial charge in [0.05, 0.1) is 5.69 Å². The summed E-state index contributed by atoms with van der Waals surface area (Å²) in [6.07, 6.45) is 0. The summed E-state index contributed by atoms with van der Waals surface area (Å²) >= 11 is 0. The second kappa shape index (κ2) is 4.10. The van der Waals surface area contributed by atoms with Crippen molar-refractivity contribution in [3.05, 3.63) is 17.3 Å². The van der Waals surface area contributed by atoms with Crippen molar-refractivity contribution < 1.29 is 9.13 Å². The normalized spacial score (nSPS) is 11.6. The van der Waals surface area contributed by atoms with Crippen LogP contribution >= 0.6 is 0 Å². The molecule has 1 rings (SSSR count). The second-order valence-electron chi connectivity index (χ2n) is 3.76. The van der Waals surface area contributed by atoms with Gasteiger partial charge in [-0.3, -0.25) is 0 Å². The first kappa shape index (κ1) is 11.8. The highest BCUT2D eigenvalue weighted by Gasteiger charge is 2.25. The predicted molar refractivity (Wildman–Crippen MR) is 56.3 cm³/mol. The average Bonchev–Trinajstić information content (AvgIpc) is 2.21. The fourth-order valence-corrected chi connectivity index (χ4v) is 1.09. The number of aromatic nitrogens is 2. The Labute approximate surface area is 88.9 Å². The minimum atomic E-state index is -0.621. The highest BCUT2D eigenvalue weighted by atomic mass is 19.1. The number of rotatable bonds is 3. The van der Waals surface area contributed by atoms with Crippen molar-refractivity contribution in [3.8, 4) is 0 Å². The molecule has 0 spiro atoms. The fraction of sp³-hybridized carbons (Fsp3) is 0.600. The summed E-state index contributed by atoms with van der Waals surface area (Å²) in [6, 6.07) is 0. The number of methoxy groups -OCH3 is 1. The molecule has 0 aliphatic rings. The van der Waals surface area contributed by atoms with Crippen LogP contribution in [-0.4, -0.2) is 24.1 Å². The van der Waals surface area contributed by atoms with Gasteiger partial charge in [-0.25, -0.2) is 14.4 Å². The minimum Gasteiger partial charge on any atom is -0.371 e. The molecule has 0 aliphatic carbocycles. The Morgan fingerprint density at radius 2 is 1.93 bits per heavy atom. The Balaban J connectivity index is 3.28. The lowest BCUT2D eigenvalue weighted by Crippen LogP contribution is -2.24. The maximum absolute atomic E-state index is 13.4. The molecule has 5 heteroatoms. The van der Waals surface area contributed by atoms with Crippen LogP contribution in [0.4, 0.5) is 10.2 Å². The van der Waals surface area contributed by atoms with Gasteiger partial charge in [0.1, 0.15) is 5.60 Å². The number of halogens is 1. The average molecular weight is 213 g/mol. The number of aryl methyl sites for hydroxylation is 1. The topological polar surface area (TPSA) is 47.0 Å². The van der Waals surface area contributed by atoms with Gasteiger partial charge >= 0.3 is 0 Å². The van der Waals surface area contributed by atoms with E-state index < -0.39 is 11.4 Å². The molecule has 4 nitrogen and oxygen atoms in total. The number of nitrogens with one attached hydrogen (secondary N) is 1. The Morgan fingerprint density at radius 3 is 2.40 bits per heavy atom. The SMILES string of the molecule is CNc1nc(C(C)(C)OC)nc(C)c1F. The molecule has 1 aromatic heterocycles. The molecule has 1 heterocycles. The quantitative estimate of drug-likeness (QED) is 0.832. The van der Waals surface area contributed by atoms with Crippen LogP contribution in [0.25, 0.3) is 0 Å². The van der Waals surface area contributed by atoms with Gasteiger partial charge in [-0.1, -0.05) is 0 Å². The smallest absolute Gasteiger partial charge is 0.186 e. The van der Waals surface area contributed by atoms with E-state index in [0.717, 1.165) is 0 Å². The molecule has 0 bridgehead atoms. The van der Waals surface area contributed by atoms with E-state index in [0.29, 0.717) is 11.5 Å². The zero-order valence-electron chi connectivity index (χ0n) is 9.68. The van der Waals surface area contributed by atoms with Crippen LogP contribution in [-0.2, 0) is 10.3 Å².